The second kappa shape index (κ2) is 12.1. The van der Waals surface area contributed by atoms with Gasteiger partial charge in [-0.15, -0.1) is 0 Å². The summed E-state index contributed by atoms with van der Waals surface area (Å²) in [5.41, 5.74) is 0.914. The maximum absolute atomic E-state index is 13.5. The molecule has 0 heterocycles. The van der Waals surface area contributed by atoms with E-state index < -0.39 is 17.5 Å². The second-order valence-corrected chi connectivity index (χ2v) is 9.00. The van der Waals surface area contributed by atoms with Crippen molar-refractivity contribution in [3.8, 4) is 6.07 Å². The van der Waals surface area contributed by atoms with Crippen LogP contribution in [0.1, 0.15) is 75.7 Å². The normalized spacial score (nSPS) is 27.4. The molecule has 0 N–H and O–H groups in total. The summed E-state index contributed by atoms with van der Waals surface area (Å²) in [6, 6.07) is 5.77. The lowest BCUT2D eigenvalue weighted by molar-refractivity contribution is -0.00824. The zero-order chi connectivity index (χ0) is 22.1. The minimum absolute atomic E-state index is 0.322. The molecule has 0 saturated heterocycles. The molecule has 0 radical (unpaired) electrons. The molecule has 0 aliphatic heterocycles. The molecule has 0 unspecified atom stereocenters. The van der Waals surface area contributed by atoms with Gasteiger partial charge in [-0.1, -0.05) is 18.2 Å². The molecule has 3 rings (SSSR count). The molecule has 0 aromatic heterocycles. The highest BCUT2D eigenvalue weighted by atomic mass is 19.2. The van der Waals surface area contributed by atoms with Crippen LogP contribution >= 0.6 is 0 Å². The molecule has 0 atom stereocenters. The molecule has 2 aliphatic carbocycles. The molecule has 0 spiro atoms. The fourth-order valence-electron chi connectivity index (χ4n) is 4.91. The maximum atomic E-state index is 13.5. The lowest BCUT2D eigenvalue weighted by Gasteiger charge is -2.32. The standard InChI is InChI=1S/C26H32F3NO/c27-23(17-30)5-3-1-2-4-19-8-13-24(14-9-19)31-18-20-6-10-21(11-7-20)22-12-15-25(28)26(29)16-22/h1,3,5,12,15-16,19-21,24H,2,4,6-11,13-14,18H2. The molecule has 1 aromatic rings. The Morgan fingerprint density at radius 3 is 2.39 bits per heavy atom. The first-order valence-electron chi connectivity index (χ1n) is 11.5. The van der Waals surface area contributed by atoms with Crippen LogP contribution in [0.5, 0.6) is 0 Å². The average Bonchev–Trinajstić information content (AvgIpc) is 2.80. The first-order chi connectivity index (χ1) is 15.0. The fourth-order valence-corrected chi connectivity index (χ4v) is 4.91. The number of ether oxygens (including phenoxy) is 1. The minimum atomic E-state index is -0.778. The van der Waals surface area contributed by atoms with Gasteiger partial charge in [0.25, 0.3) is 0 Å². The molecule has 2 nitrogen and oxygen atoms in total. The molecule has 1 aromatic carbocycles. The molecule has 0 amide bonds. The van der Waals surface area contributed by atoms with Crippen LogP contribution in [-0.2, 0) is 4.74 Å². The number of nitrogens with zero attached hydrogens (tertiary/aromatic N) is 1. The average molecular weight is 432 g/mol. The smallest absolute Gasteiger partial charge is 0.199 e. The van der Waals surface area contributed by atoms with E-state index in [4.69, 9.17) is 10.00 Å². The number of allylic oxidation sites excluding steroid dienone is 4. The highest BCUT2D eigenvalue weighted by molar-refractivity contribution is 5.22. The second-order valence-electron chi connectivity index (χ2n) is 9.00. The van der Waals surface area contributed by atoms with Crippen LogP contribution < -0.4 is 0 Å². The summed E-state index contributed by atoms with van der Waals surface area (Å²) in [5, 5.41) is 8.36. The van der Waals surface area contributed by atoms with Gasteiger partial charge in [-0.2, -0.15) is 9.65 Å². The van der Waals surface area contributed by atoms with Crippen LogP contribution in [0.4, 0.5) is 13.2 Å². The van der Waals surface area contributed by atoms with Crippen molar-refractivity contribution in [2.24, 2.45) is 11.8 Å². The van der Waals surface area contributed by atoms with Gasteiger partial charge in [0.15, 0.2) is 17.5 Å². The lowest BCUT2D eigenvalue weighted by atomic mass is 9.79. The molecule has 2 fully saturated rings. The van der Waals surface area contributed by atoms with Crippen molar-refractivity contribution in [3.63, 3.8) is 0 Å². The van der Waals surface area contributed by atoms with Gasteiger partial charge < -0.3 is 4.74 Å². The van der Waals surface area contributed by atoms with Gasteiger partial charge in [-0.3, -0.25) is 0 Å². The van der Waals surface area contributed by atoms with E-state index in [1.807, 2.05) is 6.08 Å². The topological polar surface area (TPSA) is 33.0 Å². The largest absolute Gasteiger partial charge is 0.378 e. The van der Waals surface area contributed by atoms with Crippen LogP contribution in [0, 0.1) is 34.8 Å². The first-order valence-corrected chi connectivity index (χ1v) is 11.5. The van der Waals surface area contributed by atoms with Crippen LogP contribution in [0.15, 0.2) is 42.3 Å². The Balaban J connectivity index is 1.29. The summed E-state index contributed by atoms with van der Waals surface area (Å²) >= 11 is 0. The summed E-state index contributed by atoms with van der Waals surface area (Å²) in [5.74, 6) is -0.707. The Morgan fingerprint density at radius 2 is 1.71 bits per heavy atom. The van der Waals surface area contributed by atoms with E-state index in [9.17, 15) is 13.2 Å². The number of hydrogen-bond donors (Lipinski definition) is 0. The van der Waals surface area contributed by atoms with E-state index in [1.165, 1.54) is 37.1 Å². The number of nitriles is 1. The number of halogens is 3. The summed E-state index contributed by atoms with van der Waals surface area (Å²) in [4.78, 5) is 0. The van der Waals surface area contributed by atoms with Gasteiger partial charge >= 0.3 is 0 Å². The van der Waals surface area contributed by atoms with Crippen molar-refractivity contribution in [3.05, 3.63) is 59.5 Å². The highest BCUT2D eigenvalue weighted by Gasteiger charge is 2.26. The molecule has 2 aliphatic rings. The van der Waals surface area contributed by atoms with Crippen LogP contribution in [0.25, 0.3) is 0 Å². The summed E-state index contributed by atoms with van der Waals surface area (Å²) in [7, 11) is 0. The Bertz CT molecular complexity index is 797. The quantitative estimate of drug-likeness (QED) is 0.315. The third-order valence-corrected chi connectivity index (χ3v) is 6.85. The van der Waals surface area contributed by atoms with Gasteiger partial charge in [0, 0.05) is 6.61 Å². The predicted octanol–water partition coefficient (Wildman–Crippen LogP) is 7.53. The van der Waals surface area contributed by atoms with Crippen molar-refractivity contribution in [2.75, 3.05) is 6.61 Å². The molecular formula is C26H32F3NO. The van der Waals surface area contributed by atoms with Crippen molar-refractivity contribution in [1.29, 1.82) is 5.26 Å². The Kier molecular flexibility index (Phi) is 9.21. The van der Waals surface area contributed by atoms with Crippen molar-refractivity contribution >= 4 is 0 Å². The van der Waals surface area contributed by atoms with E-state index in [1.54, 1.807) is 12.1 Å². The van der Waals surface area contributed by atoms with Gasteiger partial charge in [0.2, 0.25) is 0 Å². The molecule has 0 bridgehead atoms. The van der Waals surface area contributed by atoms with Crippen molar-refractivity contribution in [1.82, 2.24) is 0 Å². The SMILES string of the molecule is N#CC(F)=CC=CCCC1CCC(OCC2CCC(c3ccc(F)c(F)c3)CC2)CC1. The number of benzene rings is 1. The van der Waals surface area contributed by atoms with Crippen LogP contribution in [0.2, 0.25) is 0 Å². The number of hydrogen-bond acceptors (Lipinski definition) is 2. The van der Waals surface area contributed by atoms with E-state index in [-0.39, 0.29) is 0 Å². The zero-order valence-electron chi connectivity index (χ0n) is 18.0. The van der Waals surface area contributed by atoms with Crippen LogP contribution in [-0.4, -0.2) is 12.7 Å². The first kappa shape index (κ1) is 23.6. The number of rotatable bonds is 8. The third kappa shape index (κ3) is 7.54. The van der Waals surface area contributed by atoms with Crippen molar-refractivity contribution < 1.29 is 17.9 Å². The molecule has 31 heavy (non-hydrogen) atoms. The molecule has 5 heteroatoms. The van der Waals surface area contributed by atoms with Crippen molar-refractivity contribution in [2.45, 2.75) is 76.2 Å². The van der Waals surface area contributed by atoms with Gasteiger partial charge in [0.1, 0.15) is 6.07 Å². The monoisotopic (exact) mass is 431 g/mol. The Hall–Kier alpha value is -2.06. The fraction of sp³-hybridized carbons (Fsp3) is 0.577. The Morgan fingerprint density at radius 1 is 1.00 bits per heavy atom. The third-order valence-electron chi connectivity index (χ3n) is 6.85. The minimum Gasteiger partial charge on any atom is -0.378 e. The maximum Gasteiger partial charge on any atom is 0.199 e. The van der Waals surface area contributed by atoms with Gasteiger partial charge in [0.05, 0.1) is 6.10 Å². The highest BCUT2D eigenvalue weighted by Crippen LogP contribution is 2.37. The summed E-state index contributed by atoms with van der Waals surface area (Å²) < 4.78 is 45.5. The van der Waals surface area contributed by atoms with E-state index in [2.05, 4.69) is 0 Å². The summed E-state index contributed by atoms with van der Waals surface area (Å²) in [6.07, 6.45) is 15.8. The van der Waals surface area contributed by atoms with E-state index in [0.29, 0.717) is 23.9 Å². The van der Waals surface area contributed by atoms with Crippen LogP contribution in [0.3, 0.4) is 0 Å². The molecular weight excluding hydrogens is 399 g/mol. The molecule has 168 valence electrons. The van der Waals surface area contributed by atoms with Gasteiger partial charge in [-0.05, 0) is 106 Å². The molecule has 2 saturated carbocycles. The zero-order valence-corrected chi connectivity index (χ0v) is 18.0. The predicted molar refractivity (Wildman–Crippen MR) is 116 cm³/mol. The lowest BCUT2D eigenvalue weighted by Crippen LogP contribution is -2.25. The Labute approximate surface area is 183 Å². The van der Waals surface area contributed by atoms with Gasteiger partial charge in [-0.25, -0.2) is 8.78 Å². The van der Waals surface area contributed by atoms with E-state index in [0.717, 1.165) is 63.5 Å². The van der Waals surface area contributed by atoms with E-state index >= 15 is 0 Å². The summed E-state index contributed by atoms with van der Waals surface area (Å²) in [6.45, 7) is 0.805.